The second kappa shape index (κ2) is 4.03. The van der Waals surface area contributed by atoms with Gasteiger partial charge in [-0.2, -0.15) is 0 Å². The number of rotatable bonds is 2. The van der Waals surface area contributed by atoms with Crippen LogP contribution in [0.25, 0.3) is 0 Å². The lowest BCUT2D eigenvalue weighted by molar-refractivity contribution is 0.257. The van der Waals surface area contributed by atoms with Crippen LogP contribution in [0.3, 0.4) is 0 Å². The summed E-state index contributed by atoms with van der Waals surface area (Å²) in [5.74, 6) is -0.0131. The maximum Gasteiger partial charge on any atom is 0.124 e. The van der Waals surface area contributed by atoms with Crippen LogP contribution in [0.15, 0.2) is 22.0 Å². The van der Waals surface area contributed by atoms with Crippen LogP contribution in [0.2, 0.25) is 0 Å². The molecule has 5 heteroatoms. The van der Waals surface area contributed by atoms with E-state index in [4.69, 9.17) is 28.3 Å². The van der Waals surface area contributed by atoms with E-state index in [0.29, 0.717) is 10.3 Å². The van der Waals surface area contributed by atoms with Gasteiger partial charge in [-0.3, -0.25) is 10.9 Å². The van der Waals surface area contributed by atoms with E-state index in [-0.39, 0.29) is 12.5 Å². The molecule has 0 bridgehead atoms. The van der Waals surface area contributed by atoms with Crippen molar-refractivity contribution < 1.29 is 5.11 Å². The van der Waals surface area contributed by atoms with Crippen molar-refractivity contribution in [2.24, 2.45) is 5.92 Å². The lowest BCUT2D eigenvalue weighted by atomic mass is 10.0. The first kappa shape index (κ1) is 9.71. The number of hydrogen-bond acceptors (Lipinski definition) is 3. The van der Waals surface area contributed by atoms with Crippen molar-refractivity contribution in [1.82, 2.24) is 10.9 Å². The molecule has 1 unspecified atom stereocenters. The van der Waals surface area contributed by atoms with E-state index >= 15 is 0 Å². The van der Waals surface area contributed by atoms with E-state index in [0.717, 1.165) is 5.57 Å². The predicted octanol–water partition coefficient (Wildman–Crippen LogP) is 1.25. The summed E-state index contributed by atoms with van der Waals surface area (Å²) in [6, 6.07) is 0. The number of nitrogens with one attached hydrogen (secondary N) is 2. The fourth-order valence-electron chi connectivity index (χ4n) is 0.880. The van der Waals surface area contributed by atoms with Gasteiger partial charge < -0.3 is 5.11 Å². The topological polar surface area (TPSA) is 44.3 Å². The zero-order valence-corrected chi connectivity index (χ0v) is 8.08. The quantitative estimate of drug-likeness (QED) is 0.599. The van der Waals surface area contributed by atoms with Crippen LogP contribution in [-0.4, -0.2) is 11.7 Å². The number of allylic oxidation sites excluding steroid dienone is 1. The number of hydrogen-bond donors (Lipinski definition) is 3. The molecule has 0 aromatic carbocycles. The Labute approximate surface area is 81.0 Å². The fourth-order valence-corrected chi connectivity index (χ4v) is 1.33. The summed E-state index contributed by atoms with van der Waals surface area (Å²) in [5.41, 5.74) is 6.13. The molecule has 0 amide bonds. The Kier molecular flexibility index (Phi) is 3.26. The Morgan fingerprint density at radius 2 is 2.17 bits per heavy atom. The Morgan fingerprint density at radius 3 is 2.75 bits per heavy atom. The molecule has 1 atom stereocenters. The third-order valence-corrected chi connectivity index (χ3v) is 2.15. The van der Waals surface area contributed by atoms with Crippen molar-refractivity contribution in [2.45, 2.75) is 6.92 Å². The van der Waals surface area contributed by atoms with Gasteiger partial charge in [0.25, 0.3) is 0 Å². The minimum atomic E-state index is -0.0131. The van der Waals surface area contributed by atoms with Crippen molar-refractivity contribution in [3.8, 4) is 0 Å². The van der Waals surface area contributed by atoms with Crippen LogP contribution in [0.1, 0.15) is 6.92 Å². The molecular formula is C7H10Cl2N2O. The van der Waals surface area contributed by atoms with E-state index in [1.165, 1.54) is 0 Å². The van der Waals surface area contributed by atoms with E-state index in [1.807, 2.05) is 6.92 Å². The van der Waals surface area contributed by atoms with Crippen LogP contribution >= 0.6 is 23.2 Å². The summed E-state index contributed by atoms with van der Waals surface area (Å²) < 4.78 is 0. The molecule has 3 nitrogen and oxygen atoms in total. The molecule has 0 fully saturated rings. The smallest absolute Gasteiger partial charge is 0.124 e. The van der Waals surface area contributed by atoms with Crippen molar-refractivity contribution in [3.05, 3.63) is 22.0 Å². The molecule has 0 aromatic rings. The second-order valence-electron chi connectivity index (χ2n) is 2.60. The first-order valence-electron chi connectivity index (χ1n) is 3.55. The van der Waals surface area contributed by atoms with Gasteiger partial charge in [0.1, 0.15) is 10.3 Å². The van der Waals surface area contributed by atoms with Crippen molar-refractivity contribution >= 4 is 23.2 Å². The molecule has 0 aliphatic carbocycles. The Bertz CT molecular complexity index is 238. The lowest BCUT2D eigenvalue weighted by Gasteiger charge is -2.19. The molecule has 1 rings (SSSR count). The summed E-state index contributed by atoms with van der Waals surface area (Å²) in [4.78, 5) is 0. The highest BCUT2D eigenvalue weighted by Crippen LogP contribution is 2.22. The predicted molar refractivity (Wildman–Crippen MR) is 49.3 cm³/mol. The first-order chi connectivity index (χ1) is 5.65. The standard InChI is InChI=1S/C7H10Cl2N2O/c1-4(3-12)5-2-6(8)10-11-7(5)9/h2,4,10-12H,3H2,1H3. The van der Waals surface area contributed by atoms with Gasteiger partial charge in [0.2, 0.25) is 0 Å². The van der Waals surface area contributed by atoms with Crippen LogP contribution in [0.4, 0.5) is 0 Å². The van der Waals surface area contributed by atoms with Crippen molar-refractivity contribution in [3.63, 3.8) is 0 Å². The van der Waals surface area contributed by atoms with Gasteiger partial charge in [0.15, 0.2) is 0 Å². The van der Waals surface area contributed by atoms with E-state index in [1.54, 1.807) is 6.08 Å². The van der Waals surface area contributed by atoms with Crippen LogP contribution < -0.4 is 10.9 Å². The Morgan fingerprint density at radius 1 is 1.50 bits per heavy atom. The highest BCUT2D eigenvalue weighted by Gasteiger charge is 2.14. The van der Waals surface area contributed by atoms with Gasteiger partial charge in [0.05, 0.1) is 0 Å². The minimum Gasteiger partial charge on any atom is -0.396 e. The molecule has 68 valence electrons. The average Bonchev–Trinajstić information content (AvgIpc) is 2.08. The van der Waals surface area contributed by atoms with Gasteiger partial charge in [-0.05, 0) is 11.6 Å². The maximum atomic E-state index is 8.88. The Balaban J connectivity index is 2.85. The largest absolute Gasteiger partial charge is 0.396 e. The summed E-state index contributed by atoms with van der Waals surface area (Å²) >= 11 is 11.5. The molecule has 12 heavy (non-hydrogen) atoms. The molecule has 1 aliphatic heterocycles. The van der Waals surface area contributed by atoms with Gasteiger partial charge in [-0.1, -0.05) is 30.1 Å². The monoisotopic (exact) mass is 208 g/mol. The highest BCUT2D eigenvalue weighted by molar-refractivity contribution is 6.32. The van der Waals surface area contributed by atoms with Crippen molar-refractivity contribution in [1.29, 1.82) is 0 Å². The van der Waals surface area contributed by atoms with Gasteiger partial charge in [0, 0.05) is 12.5 Å². The summed E-state index contributed by atoms with van der Waals surface area (Å²) in [6.07, 6.45) is 1.70. The molecule has 3 N–H and O–H groups in total. The third kappa shape index (κ3) is 2.06. The number of aliphatic hydroxyl groups is 1. The zero-order valence-electron chi connectivity index (χ0n) is 6.56. The summed E-state index contributed by atoms with van der Waals surface area (Å²) in [6.45, 7) is 1.92. The SMILES string of the molecule is CC(CO)C1=C(Cl)NNC(Cl)=C1. The number of halogens is 2. The number of aliphatic hydroxyl groups excluding tert-OH is 1. The highest BCUT2D eigenvalue weighted by atomic mass is 35.5. The minimum absolute atomic E-state index is 0.0131. The molecule has 0 radical (unpaired) electrons. The van der Waals surface area contributed by atoms with Crippen LogP contribution in [-0.2, 0) is 0 Å². The average molecular weight is 209 g/mol. The third-order valence-electron chi connectivity index (χ3n) is 1.63. The van der Waals surface area contributed by atoms with E-state index < -0.39 is 0 Å². The molecule has 0 aromatic heterocycles. The van der Waals surface area contributed by atoms with Gasteiger partial charge in [-0.15, -0.1) is 0 Å². The molecule has 0 saturated carbocycles. The Hall–Kier alpha value is -0.380. The normalized spacial score (nSPS) is 19.5. The molecule has 1 aliphatic rings. The molecular weight excluding hydrogens is 199 g/mol. The molecule has 0 spiro atoms. The van der Waals surface area contributed by atoms with Gasteiger partial charge in [-0.25, -0.2) is 0 Å². The van der Waals surface area contributed by atoms with Crippen LogP contribution in [0, 0.1) is 5.92 Å². The summed E-state index contributed by atoms with van der Waals surface area (Å²) in [7, 11) is 0. The maximum absolute atomic E-state index is 8.88. The second-order valence-corrected chi connectivity index (χ2v) is 3.38. The van der Waals surface area contributed by atoms with Crippen molar-refractivity contribution in [2.75, 3.05) is 6.61 Å². The summed E-state index contributed by atoms with van der Waals surface area (Å²) in [5, 5.41) is 9.82. The first-order valence-corrected chi connectivity index (χ1v) is 4.30. The van der Waals surface area contributed by atoms with E-state index in [2.05, 4.69) is 10.9 Å². The van der Waals surface area contributed by atoms with Crippen LogP contribution in [0.5, 0.6) is 0 Å². The van der Waals surface area contributed by atoms with E-state index in [9.17, 15) is 0 Å². The number of hydrazine groups is 1. The lowest BCUT2D eigenvalue weighted by Crippen LogP contribution is -2.31. The fraction of sp³-hybridized carbons (Fsp3) is 0.429. The zero-order chi connectivity index (χ0) is 9.14. The molecule has 1 heterocycles. The molecule has 0 saturated heterocycles. The van der Waals surface area contributed by atoms with Gasteiger partial charge >= 0.3 is 0 Å².